The van der Waals surface area contributed by atoms with Gasteiger partial charge >= 0.3 is 0 Å². The van der Waals surface area contributed by atoms with Crippen LogP contribution >= 0.6 is 0 Å². The normalized spacial score (nSPS) is 21.2. The van der Waals surface area contributed by atoms with Crippen LogP contribution in [0.5, 0.6) is 0 Å². The van der Waals surface area contributed by atoms with Crippen LogP contribution in [-0.4, -0.2) is 23.4 Å². The Bertz CT molecular complexity index is 520. The van der Waals surface area contributed by atoms with E-state index in [1.807, 2.05) is 30.3 Å². The predicted molar refractivity (Wildman–Crippen MR) is 69.6 cm³/mol. The molecule has 1 aromatic carbocycles. The molecule has 0 aliphatic carbocycles. The van der Waals surface area contributed by atoms with Gasteiger partial charge in [-0.05, 0) is 18.4 Å². The highest BCUT2D eigenvalue weighted by molar-refractivity contribution is 5.22. The first-order valence-corrected chi connectivity index (χ1v) is 6.56. The molecule has 2 atom stereocenters. The Labute approximate surface area is 111 Å². The number of nitrogens with two attached hydrogens (primary N) is 1. The lowest BCUT2D eigenvalue weighted by Gasteiger charge is -2.18. The molecule has 1 aliphatic rings. The van der Waals surface area contributed by atoms with Gasteiger partial charge in [0.2, 0.25) is 11.8 Å². The molecule has 3 rings (SSSR count). The third-order valence-electron chi connectivity index (χ3n) is 3.39. The van der Waals surface area contributed by atoms with Crippen molar-refractivity contribution in [2.75, 3.05) is 13.2 Å². The maximum Gasteiger partial charge on any atom is 0.237 e. The monoisotopic (exact) mass is 259 g/mol. The van der Waals surface area contributed by atoms with Gasteiger partial charge in [-0.15, -0.1) is 10.2 Å². The van der Waals surface area contributed by atoms with Crippen LogP contribution in [0.15, 0.2) is 34.7 Å². The fraction of sp³-hybridized carbons (Fsp3) is 0.429. The van der Waals surface area contributed by atoms with E-state index in [1.54, 1.807) is 0 Å². The lowest BCUT2D eigenvalue weighted by atomic mass is 10.0. The molecule has 0 saturated carbocycles. The molecule has 1 saturated heterocycles. The predicted octanol–water partition coefficient (Wildman–Crippen LogP) is 2.01. The summed E-state index contributed by atoms with van der Waals surface area (Å²) >= 11 is 0. The van der Waals surface area contributed by atoms with Gasteiger partial charge in [-0.25, -0.2) is 0 Å². The number of hydrogen-bond acceptors (Lipinski definition) is 5. The molecule has 1 aromatic heterocycles. The molecule has 0 radical (unpaired) electrons. The summed E-state index contributed by atoms with van der Waals surface area (Å²) < 4.78 is 11.1. The number of nitrogens with zero attached hydrogens (tertiary/aromatic N) is 2. The Morgan fingerprint density at radius 2 is 2.05 bits per heavy atom. The van der Waals surface area contributed by atoms with Crippen LogP contribution in [0.2, 0.25) is 0 Å². The van der Waals surface area contributed by atoms with Crippen molar-refractivity contribution in [2.45, 2.75) is 24.8 Å². The van der Waals surface area contributed by atoms with E-state index in [4.69, 9.17) is 14.9 Å². The Balaban J connectivity index is 1.77. The minimum Gasteiger partial charge on any atom is -0.423 e. The van der Waals surface area contributed by atoms with Crippen molar-refractivity contribution >= 4 is 0 Å². The zero-order valence-electron chi connectivity index (χ0n) is 10.7. The smallest absolute Gasteiger partial charge is 0.237 e. The van der Waals surface area contributed by atoms with E-state index in [0.29, 0.717) is 18.4 Å². The van der Waals surface area contributed by atoms with Crippen molar-refractivity contribution in [1.82, 2.24) is 10.2 Å². The topological polar surface area (TPSA) is 74.2 Å². The van der Waals surface area contributed by atoms with Gasteiger partial charge in [0.25, 0.3) is 0 Å². The summed E-state index contributed by atoms with van der Waals surface area (Å²) in [5.41, 5.74) is 7.10. The zero-order valence-corrected chi connectivity index (χ0v) is 10.7. The summed E-state index contributed by atoms with van der Waals surface area (Å²) in [7, 11) is 0. The molecule has 2 unspecified atom stereocenters. The average Bonchev–Trinajstić information content (AvgIpc) is 2.98. The molecule has 0 spiro atoms. The number of aromatic nitrogens is 2. The van der Waals surface area contributed by atoms with E-state index < -0.39 is 0 Å². The summed E-state index contributed by atoms with van der Waals surface area (Å²) in [4.78, 5) is 0. The first-order chi connectivity index (χ1) is 9.34. The molecule has 19 heavy (non-hydrogen) atoms. The summed E-state index contributed by atoms with van der Waals surface area (Å²) in [5.74, 6) is 1.31. The largest absolute Gasteiger partial charge is 0.423 e. The molecule has 0 amide bonds. The molecular weight excluding hydrogens is 242 g/mol. The van der Waals surface area contributed by atoms with E-state index in [-0.39, 0.29) is 12.0 Å². The number of benzene rings is 1. The van der Waals surface area contributed by atoms with E-state index in [1.165, 1.54) is 0 Å². The zero-order chi connectivity index (χ0) is 13.1. The standard InChI is InChI=1S/C14H17N3O2/c15-12(10-5-2-1-3-6-10)14-17-16-13(19-14)11-7-4-8-18-9-11/h1-3,5-6,11-12H,4,7-9,15H2. The van der Waals surface area contributed by atoms with Gasteiger partial charge in [0.05, 0.1) is 12.5 Å². The van der Waals surface area contributed by atoms with Crippen molar-refractivity contribution in [2.24, 2.45) is 5.73 Å². The van der Waals surface area contributed by atoms with Crippen molar-refractivity contribution < 1.29 is 9.15 Å². The number of ether oxygens (including phenoxy) is 1. The minimum absolute atomic E-state index is 0.206. The van der Waals surface area contributed by atoms with Crippen LogP contribution in [0.1, 0.15) is 42.1 Å². The summed E-state index contributed by atoms with van der Waals surface area (Å²) in [6.07, 6.45) is 2.06. The molecule has 1 aliphatic heterocycles. The number of hydrogen-bond donors (Lipinski definition) is 1. The highest BCUT2D eigenvalue weighted by Gasteiger charge is 2.24. The van der Waals surface area contributed by atoms with Crippen LogP contribution in [0, 0.1) is 0 Å². The Morgan fingerprint density at radius 3 is 2.79 bits per heavy atom. The number of rotatable bonds is 3. The van der Waals surface area contributed by atoms with E-state index >= 15 is 0 Å². The summed E-state index contributed by atoms with van der Waals surface area (Å²) in [6, 6.07) is 9.39. The molecular formula is C14H17N3O2. The van der Waals surface area contributed by atoms with Gasteiger partial charge in [0, 0.05) is 6.61 Å². The molecule has 0 bridgehead atoms. The minimum atomic E-state index is -0.369. The van der Waals surface area contributed by atoms with Crippen LogP contribution in [-0.2, 0) is 4.74 Å². The van der Waals surface area contributed by atoms with Crippen LogP contribution in [0.3, 0.4) is 0 Å². The van der Waals surface area contributed by atoms with Gasteiger partial charge in [-0.1, -0.05) is 30.3 Å². The van der Waals surface area contributed by atoms with E-state index in [0.717, 1.165) is 25.0 Å². The molecule has 2 aromatic rings. The maximum absolute atomic E-state index is 6.13. The van der Waals surface area contributed by atoms with Gasteiger partial charge < -0.3 is 14.9 Å². The van der Waals surface area contributed by atoms with Crippen molar-refractivity contribution in [3.8, 4) is 0 Å². The van der Waals surface area contributed by atoms with Crippen LogP contribution in [0.25, 0.3) is 0 Å². The van der Waals surface area contributed by atoms with Gasteiger partial charge in [0.15, 0.2) is 0 Å². The Hall–Kier alpha value is -1.72. The first kappa shape index (κ1) is 12.3. The SMILES string of the molecule is NC(c1ccccc1)c1nnc(C2CCCOC2)o1. The first-order valence-electron chi connectivity index (χ1n) is 6.56. The third-order valence-corrected chi connectivity index (χ3v) is 3.39. The van der Waals surface area contributed by atoms with Crippen LogP contribution < -0.4 is 5.73 Å². The lowest BCUT2D eigenvalue weighted by Crippen LogP contribution is -2.15. The van der Waals surface area contributed by atoms with Crippen molar-refractivity contribution in [3.63, 3.8) is 0 Å². The Morgan fingerprint density at radius 1 is 1.21 bits per heavy atom. The molecule has 2 N–H and O–H groups in total. The highest BCUT2D eigenvalue weighted by atomic mass is 16.5. The second-order valence-electron chi connectivity index (χ2n) is 4.78. The maximum atomic E-state index is 6.13. The van der Waals surface area contributed by atoms with Crippen LogP contribution in [0.4, 0.5) is 0 Å². The lowest BCUT2D eigenvalue weighted by molar-refractivity contribution is 0.0721. The average molecular weight is 259 g/mol. The third kappa shape index (κ3) is 2.67. The molecule has 100 valence electrons. The second kappa shape index (κ2) is 5.50. The molecule has 2 heterocycles. The van der Waals surface area contributed by atoms with Gasteiger partial charge in [-0.2, -0.15) is 0 Å². The van der Waals surface area contributed by atoms with Gasteiger partial charge in [0.1, 0.15) is 6.04 Å². The van der Waals surface area contributed by atoms with Gasteiger partial charge in [-0.3, -0.25) is 0 Å². The second-order valence-corrected chi connectivity index (χ2v) is 4.78. The molecule has 1 fully saturated rings. The highest BCUT2D eigenvalue weighted by Crippen LogP contribution is 2.26. The molecule has 5 heteroatoms. The fourth-order valence-corrected chi connectivity index (χ4v) is 2.28. The summed E-state index contributed by atoms with van der Waals surface area (Å²) in [6.45, 7) is 1.48. The van der Waals surface area contributed by atoms with E-state index in [2.05, 4.69) is 10.2 Å². The Kier molecular flexibility index (Phi) is 3.57. The summed E-state index contributed by atoms with van der Waals surface area (Å²) in [5, 5.41) is 8.18. The molecule has 5 nitrogen and oxygen atoms in total. The van der Waals surface area contributed by atoms with Crippen molar-refractivity contribution in [1.29, 1.82) is 0 Å². The fourth-order valence-electron chi connectivity index (χ4n) is 2.28. The van der Waals surface area contributed by atoms with E-state index in [9.17, 15) is 0 Å². The van der Waals surface area contributed by atoms with Crippen molar-refractivity contribution in [3.05, 3.63) is 47.7 Å². The quantitative estimate of drug-likeness (QED) is 0.912.